The molecule has 5 heteroatoms. The molecule has 0 spiro atoms. The van der Waals surface area contributed by atoms with Gasteiger partial charge in [-0.05, 0) is 56.9 Å². The van der Waals surface area contributed by atoms with Gasteiger partial charge in [0.25, 0.3) is 0 Å². The van der Waals surface area contributed by atoms with E-state index in [1.165, 1.54) is 5.56 Å². The van der Waals surface area contributed by atoms with Crippen LogP contribution in [-0.2, 0) is 22.6 Å². The molecule has 0 radical (unpaired) electrons. The van der Waals surface area contributed by atoms with E-state index in [9.17, 15) is 9.59 Å². The first kappa shape index (κ1) is 28.0. The molecule has 0 saturated heterocycles. The van der Waals surface area contributed by atoms with E-state index in [4.69, 9.17) is 4.74 Å². The summed E-state index contributed by atoms with van der Waals surface area (Å²) in [6, 6.07) is 25.4. The number of nitrogens with zero attached hydrogens (tertiary/aromatic N) is 1. The van der Waals surface area contributed by atoms with Gasteiger partial charge in [0.2, 0.25) is 11.8 Å². The molecule has 0 saturated carbocycles. The quantitative estimate of drug-likeness (QED) is 0.292. The Hall–Kier alpha value is -3.60. The van der Waals surface area contributed by atoms with Crippen molar-refractivity contribution in [1.82, 2.24) is 10.2 Å². The van der Waals surface area contributed by atoms with E-state index in [0.717, 1.165) is 28.9 Å². The lowest BCUT2D eigenvalue weighted by molar-refractivity contribution is -0.141. The minimum absolute atomic E-state index is 0.0324. The number of benzene rings is 3. The molecule has 37 heavy (non-hydrogen) atoms. The third-order valence-corrected chi connectivity index (χ3v) is 6.57. The van der Waals surface area contributed by atoms with Crippen molar-refractivity contribution < 1.29 is 14.3 Å². The Balaban J connectivity index is 1.78. The van der Waals surface area contributed by atoms with Gasteiger partial charge in [-0.1, -0.05) is 84.8 Å². The summed E-state index contributed by atoms with van der Waals surface area (Å²) in [7, 11) is 0. The summed E-state index contributed by atoms with van der Waals surface area (Å²) < 4.78 is 5.84. The van der Waals surface area contributed by atoms with Crippen LogP contribution >= 0.6 is 0 Å². The predicted molar refractivity (Wildman–Crippen MR) is 149 cm³/mol. The summed E-state index contributed by atoms with van der Waals surface area (Å²) in [6.07, 6.45) is 2.16. The van der Waals surface area contributed by atoms with Crippen molar-refractivity contribution in [3.05, 3.63) is 101 Å². The number of carbonyl (C=O) groups excluding carboxylic acids is 2. The molecule has 0 aliphatic carbocycles. The number of rotatable bonds is 13. The standard InChI is InChI=1S/C32H40N2O3/c1-5-26(4)33-32(36)30(22-27-10-7-6-8-11-27)34(23-28-17-13-24(2)14-18-28)31(35)12-9-21-37-29-19-15-25(3)16-20-29/h6-8,10-11,13-20,26,30H,5,9,12,21-23H2,1-4H3,(H,33,36)/t26-,30+/m1/s1. The first-order valence-corrected chi connectivity index (χ1v) is 13.2. The van der Waals surface area contributed by atoms with E-state index in [1.807, 2.05) is 107 Å². The van der Waals surface area contributed by atoms with Gasteiger partial charge < -0.3 is 15.0 Å². The zero-order valence-electron chi connectivity index (χ0n) is 22.6. The van der Waals surface area contributed by atoms with Crippen molar-refractivity contribution in [2.45, 2.75) is 72.0 Å². The summed E-state index contributed by atoms with van der Waals surface area (Å²) in [5.74, 6) is 0.632. The maximum absolute atomic E-state index is 13.7. The Morgan fingerprint density at radius 3 is 2.11 bits per heavy atom. The Bertz CT molecular complexity index is 1110. The average Bonchev–Trinajstić information content (AvgIpc) is 2.91. The lowest BCUT2D eigenvalue weighted by atomic mass is 10.0. The van der Waals surface area contributed by atoms with Crippen LogP contribution in [0.5, 0.6) is 5.75 Å². The van der Waals surface area contributed by atoms with Gasteiger partial charge in [-0.3, -0.25) is 9.59 Å². The minimum Gasteiger partial charge on any atom is -0.494 e. The second-order valence-corrected chi connectivity index (χ2v) is 9.80. The predicted octanol–water partition coefficient (Wildman–Crippen LogP) is 6.02. The number of nitrogens with one attached hydrogen (secondary N) is 1. The number of hydrogen-bond acceptors (Lipinski definition) is 3. The molecular weight excluding hydrogens is 460 g/mol. The van der Waals surface area contributed by atoms with E-state index < -0.39 is 6.04 Å². The number of hydrogen-bond donors (Lipinski definition) is 1. The molecule has 2 amide bonds. The zero-order valence-corrected chi connectivity index (χ0v) is 22.6. The highest BCUT2D eigenvalue weighted by Crippen LogP contribution is 2.18. The smallest absolute Gasteiger partial charge is 0.243 e. The summed E-state index contributed by atoms with van der Waals surface area (Å²) >= 11 is 0. The van der Waals surface area contributed by atoms with E-state index in [-0.39, 0.29) is 17.9 Å². The first-order chi connectivity index (χ1) is 17.9. The van der Waals surface area contributed by atoms with Crippen LogP contribution in [-0.4, -0.2) is 35.4 Å². The number of carbonyl (C=O) groups is 2. The van der Waals surface area contributed by atoms with Gasteiger partial charge in [-0.25, -0.2) is 0 Å². The maximum Gasteiger partial charge on any atom is 0.243 e. The highest BCUT2D eigenvalue weighted by atomic mass is 16.5. The topological polar surface area (TPSA) is 58.6 Å². The molecule has 0 aliphatic rings. The van der Waals surface area contributed by atoms with Crippen LogP contribution in [0.1, 0.15) is 55.4 Å². The van der Waals surface area contributed by atoms with E-state index in [2.05, 4.69) is 5.32 Å². The molecule has 0 aromatic heterocycles. The molecular formula is C32H40N2O3. The Morgan fingerprint density at radius 2 is 1.49 bits per heavy atom. The molecule has 0 fully saturated rings. The monoisotopic (exact) mass is 500 g/mol. The molecule has 0 aliphatic heterocycles. The maximum atomic E-state index is 13.7. The SMILES string of the molecule is CC[C@@H](C)NC(=O)[C@H](Cc1ccccc1)N(Cc1ccc(C)cc1)C(=O)CCCOc1ccc(C)cc1. The Morgan fingerprint density at radius 1 is 0.865 bits per heavy atom. The average molecular weight is 501 g/mol. The van der Waals surface area contributed by atoms with Crippen LogP contribution in [0, 0.1) is 13.8 Å². The molecule has 2 atom stereocenters. The van der Waals surface area contributed by atoms with Gasteiger partial charge in [-0.2, -0.15) is 0 Å². The summed E-state index contributed by atoms with van der Waals surface area (Å²) in [5.41, 5.74) is 4.36. The van der Waals surface area contributed by atoms with Gasteiger partial charge in [-0.15, -0.1) is 0 Å². The zero-order chi connectivity index (χ0) is 26.6. The van der Waals surface area contributed by atoms with Crippen molar-refractivity contribution in [3.8, 4) is 5.75 Å². The third kappa shape index (κ3) is 9.09. The van der Waals surface area contributed by atoms with Crippen LogP contribution in [0.15, 0.2) is 78.9 Å². The molecule has 5 nitrogen and oxygen atoms in total. The lowest BCUT2D eigenvalue weighted by Crippen LogP contribution is -2.52. The van der Waals surface area contributed by atoms with Crippen LogP contribution in [0.2, 0.25) is 0 Å². The normalized spacial score (nSPS) is 12.4. The number of amides is 2. The number of aryl methyl sites for hydroxylation is 2. The van der Waals surface area contributed by atoms with E-state index >= 15 is 0 Å². The summed E-state index contributed by atoms with van der Waals surface area (Å²) in [5, 5.41) is 3.12. The van der Waals surface area contributed by atoms with Crippen molar-refractivity contribution in [3.63, 3.8) is 0 Å². The molecule has 196 valence electrons. The number of ether oxygens (including phenoxy) is 1. The fourth-order valence-corrected chi connectivity index (χ4v) is 4.08. The highest BCUT2D eigenvalue weighted by molar-refractivity contribution is 5.88. The summed E-state index contributed by atoms with van der Waals surface area (Å²) in [4.78, 5) is 28.9. The molecule has 0 heterocycles. The van der Waals surface area contributed by atoms with Crippen molar-refractivity contribution in [2.24, 2.45) is 0 Å². The fraction of sp³-hybridized carbons (Fsp3) is 0.375. The van der Waals surface area contributed by atoms with Gasteiger partial charge in [0, 0.05) is 25.4 Å². The highest BCUT2D eigenvalue weighted by Gasteiger charge is 2.30. The van der Waals surface area contributed by atoms with Crippen LogP contribution < -0.4 is 10.1 Å². The molecule has 1 N–H and O–H groups in total. The molecule has 3 aromatic rings. The van der Waals surface area contributed by atoms with Gasteiger partial charge >= 0.3 is 0 Å². The second-order valence-electron chi connectivity index (χ2n) is 9.80. The fourth-order valence-electron chi connectivity index (χ4n) is 4.08. The first-order valence-electron chi connectivity index (χ1n) is 13.2. The molecule has 3 aromatic carbocycles. The van der Waals surface area contributed by atoms with Gasteiger partial charge in [0.15, 0.2) is 0 Å². The minimum atomic E-state index is -0.608. The third-order valence-electron chi connectivity index (χ3n) is 6.57. The molecule has 0 bridgehead atoms. The van der Waals surface area contributed by atoms with Gasteiger partial charge in [0.1, 0.15) is 11.8 Å². The second kappa shape index (κ2) is 14.2. The van der Waals surface area contributed by atoms with Crippen molar-refractivity contribution in [1.29, 1.82) is 0 Å². The van der Waals surface area contributed by atoms with Crippen LogP contribution in [0.25, 0.3) is 0 Å². The Kier molecular flexibility index (Phi) is 10.8. The lowest BCUT2D eigenvalue weighted by Gasteiger charge is -2.32. The summed E-state index contributed by atoms with van der Waals surface area (Å²) in [6.45, 7) is 8.93. The van der Waals surface area contributed by atoms with E-state index in [0.29, 0.717) is 32.4 Å². The van der Waals surface area contributed by atoms with Crippen molar-refractivity contribution >= 4 is 11.8 Å². The van der Waals surface area contributed by atoms with Crippen molar-refractivity contribution in [2.75, 3.05) is 6.61 Å². The Labute approximate surface area is 221 Å². The van der Waals surface area contributed by atoms with Gasteiger partial charge in [0.05, 0.1) is 6.61 Å². The van der Waals surface area contributed by atoms with Crippen LogP contribution in [0.3, 0.4) is 0 Å². The molecule has 0 unspecified atom stereocenters. The molecule has 3 rings (SSSR count). The van der Waals surface area contributed by atoms with E-state index in [1.54, 1.807) is 4.90 Å². The van der Waals surface area contributed by atoms with Crippen LogP contribution in [0.4, 0.5) is 0 Å². The largest absolute Gasteiger partial charge is 0.494 e.